The van der Waals surface area contributed by atoms with Crippen LogP contribution in [0, 0.1) is 12.8 Å². The quantitative estimate of drug-likeness (QED) is 0.569. The number of carbonyl (C=O) groups excluding carboxylic acids is 1. The van der Waals surface area contributed by atoms with Gasteiger partial charge in [0.15, 0.2) is 5.82 Å². The Labute approximate surface area is 188 Å². The van der Waals surface area contributed by atoms with Crippen molar-refractivity contribution in [2.24, 2.45) is 5.92 Å². The molecule has 1 aliphatic rings. The zero-order valence-electron chi connectivity index (χ0n) is 18.0. The van der Waals surface area contributed by atoms with E-state index in [0.29, 0.717) is 0 Å². The second-order valence-electron chi connectivity index (χ2n) is 7.90. The first-order chi connectivity index (χ1) is 15.1. The summed E-state index contributed by atoms with van der Waals surface area (Å²) in [5, 5.41) is 3.98. The molecule has 2 heterocycles. The zero-order chi connectivity index (χ0) is 21.6. The van der Waals surface area contributed by atoms with Crippen molar-refractivity contribution in [2.75, 3.05) is 23.3 Å². The van der Waals surface area contributed by atoms with Crippen molar-refractivity contribution < 1.29 is 4.79 Å². The smallest absolute Gasteiger partial charge is 0.227 e. The summed E-state index contributed by atoms with van der Waals surface area (Å²) >= 11 is 1.63. The number of nitrogens with one attached hydrogen (secondary N) is 1. The Morgan fingerprint density at radius 3 is 2.39 bits per heavy atom. The van der Waals surface area contributed by atoms with E-state index < -0.39 is 0 Å². The number of amides is 1. The molecule has 0 spiro atoms. The molecule has 1 aliphatic heterocycles. The number of hydrogen-bond donors (Lipinski definition) is 1. The van der Waals surface area contributed by atoms with Crippen LogP contribution in [-0.2, 0) is 11.2 Å². The molecular weight excluding hydrogens is 404 g/mol. The molecular formula is C25H28N4OS. The molecule has 1 fully saturated rings. The Hall–Kier alpha value is -2.86. The monoisotopic (exact) mass is 432 g/mol. The van der Waals surface area contributed by atoms with Crippen molar-refractivity contribution in [1.29, 1.82) is 0 Å². The SMILES string of the molecule is CCc1ccc(NC(=O)C2CCN(c3nccnc3Sc3ccc(C)cc3)CC2)cc1. The lowest BCUT2D eigenvalue weighted by atomic mass is 9.96. The van der Waals surface area contributed by atoms with Gasteiger partial charge in [-0.25, -0.2) is 9.97 Å². The van der Waals surface area contributed by atoms with Gasteiger partial charge in [0.05, 0.1) is 0 Å². The highest BCUT2D eigenvalue weighted by Crippen LogP contribution is 2.34. The highest BCUT2D eigenvalue weighted by molar-refractivity contribution is 7.99. The van der Waals surface area contributed by atoms with E-state index in [4.69, 9.17) is 0 Å². The van der Waals surface area contributed by atoms with E-state index in [1.54, 1.807) is 24.2 Å². The normalized spacial score (nSPS) is 14.5. The van der Waals surface area contributed by atoms with Gasteiger partial charge in [-0.15, -0.1) is 0 Å². The Bertz CT molecular complexity index is 1010. The van der Waals surface area contributed by atoms with Crippen LogP contribution in [0.25, 0.3) is 0 Å². The molecule has 0 saturated carbocycles. The van der Waals surface area contributed by atoms with Crippen molar-refractivity contribution in [2.45, 2.75) is 43.0 Å². The van der Waals surface area contributed by atoms with Crippen LogP contribution in [0.4, 0.5) is 11.5 Å². The second kappa shape index (κ2) is 9.96. The average Bonchev–Trinajstić information content (AvgIpc) is 2.81. The summed E-state index contributed by atoms with van der Waals surface area (Å²) in [5.41, 5.74) is 3.38. The van der Waals surface area contributed by atoms with Gasteiger partial charge < -0.3 is 10.2 Å². The number of anilines is 2. The fourth-order valence-electron chi connectivity index (χ4n) is 3.75. The van der Waals surface area contributed by atoms with Gasteiger partial charge in [0.1, 0.15) is 5.03 Å². The Kier molecular flexibility index (Phi) is 6.87. The Morgan fingerprint density at radius 1 is 1.03 bits per heavy atom. The highest BCUT2D eigenvalue weighted by atomic mass is 32.2. The van der Waals surface area contributed by atoms with Gasteiger partial charge in [-0.1, -0.05) is 48.5 Å². The maximum atomic E-state index is 12.7. The molecule has 2 aromatic carbocycles. The van der Waals surface area contributed by atoms with Gasteiger partial charge in [0.2, 0.25) is 5.91 Å². The minimum absolute atomic E-state index is 0.0203. The molecule has 31 heavy (non-hydrogen) atoms. The van der Waals surface area contributed by atoms with Crippen LogP contribution in [0.5, 0.6) is 0 Å². The van der Waals surface area contributed by atoms with Crippen molar-refractivity contribution in [1.82, 2.24) is 9.97 Å². The fourth-order valence-corrected chi connectivity index (χ4v) is 4.63. The number of nitrogens with zero attached hydrogens (tertiary/aromatic N) is 3. The third-order valence-electron chi connectivity index (χ3n) is 5.68. The average molecular weight is 433 g/mol. The van der Waals surface area contributed by atoms with Gasteiger partial charge in [0, 0.05) is 42.0 Å². The van der Waals surface area contributed by atoms with Gasteiger partial charge in [-0.2, -0.15) is 0 Å². The van der Waals surface area contributed by atoms with Crippen LogP contribution in [0.2, 0.25) is 0 Å². The number of carbonyl (C=O) groups is 1. The van der Waals surface area contributed by atoms with Crippen LogP contribution in [0.3, 0.4) is 0 Å². The van der Waals surface area contributed by atoms with Gasteiger partial charge in [0.25, 0.3) is 0 Å². The maximum Gasteiger partial charge on any atom is 0.227 e. The van der Waals surface area contributed by atoms with E-state index in [1.807, 2.05) is 12.1 Å². The molecule has 1 saturated heterocycles. The molecule has 1 amide bonds. The predicted octanol–water partition coefficient (Wildman–Crippen LogP) is 5.35. The lowest BCUT2D eigenvalue weighted by Crippen LogP contribution is -2.38. The van der Waals surface area contributed by atoms with Crippen molar-refractivity contribution >= 4 is 29.2 Å². The lowest BCUT2D eigenvalue weighted by Gasteiger charge is -2.32. The zero-order valence-corrected chi connectivity index (χ0v) is 18.9. The van der Waals surface area contributed by atoms with Crippen LogP contribution in [0.15, 0.2) is 70.8 Å². The van der Waals surface area contributed by atoms with E-state index in [0.717, 1.165) is 53.8 Å². The summed E-state index contributed by atoms with van der Waals surface area (Å²) in [4.78, 5) is 25.3. The third kappa shape index (κ3) is 5.44. The summed E-state index contributed by atoms with van der Waals surface area (Å²) in [7, 11) is 0. The van der Waals surface area contributed by atoms with E-state index >= 15 is 0 Å². The predicted molar refractivity (Wildman–Crippen MR) is 127 cm³/mol. The molecule has 6 heteroatoms. The molecule has 160 valence electrons. The highest BCUT2D eigenvalue weighted by Gasteiger charge is 2.27. The van der Waals surface area contributed by atoms with Crippen molar-refractivity contribution in [3.63, 3.8) is 0 Å². The number of aromatic nitrogens is 2. The third-order valence-corrected chi connectivity index (χ3v) is 6.67. The number of aryl methyl sites for hydroxylation is 2. The number of benzene rings is 2. The van der Waals surface area contributed by atoms with E-state index in [1.165, 1.54) is 11.1 Å². The van der Waals surface area contributed by atoms with E-state index in [-0.39, 0.29) is 11.8 Å². The summed E-state index contributed by atoms with van der Waals surface area (Å²) in [6, 6.07) is 16.6. The Balaban J connectivity index is 1.37. The minimum Gasteiger partial charge on any atom is -0.354 e. The van der Waals surface area contributed by atoms with Crippen molar-refractivity contribution in [3.8, 4) is 0 Å². The van der Waals surface area contributed by atoms with E-state index in [2.05, 4.69) is 70.4 Å². The molecule has 0 aliphatic carbocycles. The first-order valence-electron chi connectivity index (χ1n) is 10.8. The molecule has 0 bridgehead atoms. The fraction of sp³-hybridized carbons (Fsp3) is 0.320. The largest absolute Gasteiger partial charge is 0.354 e. The topological polar surface area (TPSA) is 58.1 Å². The molecule has 1 aromatic heterocycles. The van der Waals surface area contributed by atoms with Crippen LogP contribution < -0.4 is 10.2 Å². The molecule has 1 N–H and O–H groups in total. The molecule has 4 rings (SSSR count). The maximum absolute atomic E-state index is 12.7. The molecule has 5 nitrogen and oxygen atoms in total. The summed E-state index contributed by atoms with van der Waals surface area (Å²) in [6.07, 6.45) is 6.10. The number of hydrogen-bond acceptors (Lipinski definition) is 5. The molecule has 0 radical (unpaired) electrons. The second-order valence-corrected chi connectivity index (χ2v) is 8.96. The summed E-state index contributed by atoms with van der Waals surface area (Å²) in [6.45, 7) is 5.81. The number of rotatable bonds is 6. The van der Waals surface area contributed by atoms with Crippen molar-refractivity contribution in [3.05, 3.63) is 72.1 Å². The summed E-state index contributed by atoms with van der Waals surface area (Å²) < 4.78 is 0. The molecule has 0 atom stereocenters. The van der Waals surface area contributed by atoms with E-state index in [9.17, 15) is 4.79 Å². The van der Waals surface area contributed by atoms with Gasteiger partial charge in [-0.05, 0) is 56.0 Å². The van der Waals surface area contributed by atoms with Crippen LogP contribution in [-0.4, -0.2) is 29.0 Å². The first-order valence-corrected chi connectivity index (χ1v) is 11.6. The van der Waals surface area contributed by atoms with Crippen LogP contribution >= 0.6 is 11.8 Å². The Morgan fingerprint density at radius 2 is 1.71 bits per heavy atom. The minimum atomic E-state index is 0.0203. The lowest BCUT2D eigenvalue weighted by molar-refractivity contribution is -0.120. The molecule has 0 unspecified atom stereocenters. The first kappa shape index (κ1) is 21.4. The van der Waals surface area contributed by atoms with Gasteiger partial charge >= 0.3 is 0 Å². The van der Waals surface area contributed by atoms with Crippen LogP contribution in [0.1, 0.15) is 30.9 Å². The summed E-state index contributed by atoms with van der Waals surface area (Å²) in [5.74, 6) is 1.03. The standard InChI is InChI=1S/C25H28N4OS/c1-3-19-6-8-21(9-7-19)28-24(30)20-12-16-29(17-13-20)23-25(27-15-14-26-23)31-22-10-4-18(2)5-11-22/h4-11,14-15,20H,3,12-13,16-17H2,1-2H3,(H,28,30). The molecule has 3 aromatic rings. The van der Waals surface area contributed by atoms with Gasteiger partial charge in [-0.3, -0.25) is 4.79 Å². The number of piperidine rings is 1.